The van der Waals surface area contributed by atoms with Crippen molar-refractivity contribution in [3.63, 3.8) is 0 Å². The van der Waals surface area contributed by atoms with Gasteiger partial charge in [-0.25, -0.2) is 8.42 Å². The minimum absolute atomic E-state index is 0.451. The summed E-state index contributed by atoms with van der Waals surface area (Å²) < 4.78 is 30.1. The molecule has 0 fully saturated rings. The van der Waals surface area contributed by atoms with Gasteiger partial charge in [-0.05, 0) is 23.8 Å². The Kier molecular flexibility index (Phi) is 3.33. The zero-order valence-corrected chi connectivity index (χ0v) is 13.3. The lowest BCUT2D eigenvalue weighted by Gasteiger charge is -2.24. The second-order valence-electron chi connectivity index (χ2n) is 5.58. The van der Waals surface area contributed by atoms with Crippen LogP contribution in [0.5, 0.6) is 0 Å². The number of ether oxygens (including phenoxy) is 1. The average Bonchev–Trinajstić information content (AvgIpc) is 2.70. The number of rotatable bonds is 3. The Labute approximate surface area is 133 Å². The van der Waals surface area contributed by atoms with Crippen LogP contribution in [0.15, 0.2) is 54.1 Å². The highest BCUT2D eigenvalue weighted by Crippen LogP contribution is 2.38. The fourth-order valence-corrected chi connectivity index (χ4v) is 3.02. The summed E-state index contributed by atoms with van der Waals surface area (Å²) in [6.45, 7) is 1.49. The second-order valence-corrected chi connectivity index (χ2v) is 7.33. The van der Waals surface area contributed by atoms with Crippen molar-refractivity contribution in [2.24, 2.45) is 0 Å². The van der Waals surface area contributed by atoms with Gasteiger partial charge in [-0.15, -0.1) is 0 Å². The summed E-state index contributed by atoms with van der Waals surface area (Å²) in [5, 5.41) is 11.8. The molecule has 120 valence electrons. The predicted octanol–water partition coefficient (Wildman–Crippen LogP) is 1.93. The minimum atomic E-state index is -3.68. The van der Waals surface area contributed by atoms with Crippen LogP contribution in [-0.4, -0.2) is 25.6 Å². The first-order valence-electron chi connectivity index (χ1n) is 6.85. The van der Waals surface area contributed by atoms with E-state index in [1.807, 2.05) is 35.1 Å². The molecule has 1 heterocycles. The van der Waals surface area contributed by atoms with Crippen LogP contribution in [0.2, 0.25) is 0 Å². The van der Waals surface area contributed by atoms with Gasteiger partial charge in [0.15, 0.2) is 5.60 Å². The number of hydrogen-bond acceptors (Lipinski definition) is 5. The van der Waals surface area contributed by atoms with Gasteiger partial charge in [0, 0.05) is 5.56 Å². The number of nitrogens with one attached hydrogen (secondary N) is 1. The largest absolute Gasteiger partial charge is 0.501 e. The summed E-state index contributed by atoms with van der Waals surface area (Å²) in [6.07, 6.45) is 0.910. The molecular weight excluding hydrogens is 318 g/mol. The Balaban J connectivity index is 2.03. The third-order valence-corrected chi connectivity index (χ3v) is 4.30. The number of fused-ring (bicyclic) bond motifs is 1. The number of aliphatic hydroxyl groups is 1. The standard InChI is InChI=1S/C16H15NO5S/c1-16(12-8-7-10-5-3-4-6-11(10)9-12)14(19)13(18)15(22-16)17-23(2,20)21/h3-9,17-18H,1-2H3. The maximum Gasteiger partial charge on any atom is 0.250 e. The highest BCUT2D eigenvalue weighted by Gasteiger charge is 2.48. The SMILES string of the molecule is CC1(c2ccc3ccccc3c2)OC(NS(C)(=O)=O)=C(O)C1=O. The fraction of sp³-hybridized carbons (Fsp3) is 0.188. The van der Waals surface area contributed by atoms with Crippen LogP contribution in [0.3, 0.4) is 0 Å². The summed E-state index contributed by atoms with van der Waals surface area (Å²) in [7, 11) is -3.68. The molecule has 0 amide bonds. The molecule has 1 aliphatic rings. The van der Waals surface area contributed by atoms with Gasteiger partial charge in [-0.3, -0.25) is 9.52 Å². The van der Waals surface area contributed by atoms with E-state index in [0.717, 1.165) is 17.0 Å². The summed E-state index contributed by atoms with van der Waals surface area (Å²) in [6, 6.07) is 12.9. The third-order valence-electron chi connectivity index (χ3n) is 3.75. The molecule has 1 unspecified atom stereocenters. The average molecular weight is 333 g/mol. The zero-order chi connectivity index (χ0) is 16.8. The lowest BCUT2D eigenvalue weighted by Crippen LogP contribution is -2.32. The van der Waals surface area contributed by atoms with Crippen molar-refractivity contribution in [3.8, 4) is 0 Å². The number of carbonyl (C=O) groups is 1. The monoisotopic (exact) mass is 333 g/mol. The molecule has 2 aromatic rings. The van der Waals surface area contributed by atoms with E-state index in [0.29, 0.717) is 5.56 Å². The van der Waals surface area contributed by atoms with Crippen LogP contribution in [0, 0.1) is 0 Å². The molecule has 0 radical (unpaired) electrons. The van der Waals surface area contributed by atoms with Crippen molar-refractivity contribution in [2.75, 3.05) is 6.26 Å². The fourth-order valence-electron chi connectivity index (χ4n) is 2.54. The molecule has 6 nitrogen and oxygen atoms in total. The van der Waals surface area contributed by atoms with Crippen molar-refractivity contribution in [2.45, 2.75) is 12.5 Å². The predicted molar refractivity (Wildman–Crippen MR) is 85.0 cm³/mol. The normalized spacial score (nSPS) is 21.6. The number of benzene rings is 2. The van der Waals surface area contributed by atoms with Crippen LogP contribution in [0.25, 0.3) is 10.8 Å². The van der Waals surface area contributed by atoms with Crippen molar-refractivity contribution in [3.05, 3.63) is 59.7 Å². The van der Waals surface area contributed by atoms with Gasteiger partial charge in [0.25, 0.3) is 5.78 Å². The molecule has 23 heavy (non-hydrogen) atoms. The molecule has 0 saturated carbocycles. The molecule has 1 aliphatic heterocycles. The number of sulfonamides is 1. The molecule has 1 atom stereocenters. The van der Waals surface area contributed by atoms with Gasteiger partial charge in [0.1, 0.15) is 0 Å². The number of Topliss-reactive ketones (excluding diaryl/α,β-unsaturated/α-hetero) is 1. The van der Waals surface area contributed by atoms with Crippen molar-refractivity contribution in [1.29, 1.82) is 0 Å². The topological polar surface area (TPSA) is 92.7 Å². The number of ketones is 1. The van der Waals surface area contributed by atoms with E-state index in [1.165, 1.54) is 6.92 Å². The number of carbonyl (C=O) groups excluding carboxylic acids is 1. The summed E-state index contributed by atoms with van der Waals surface area (Å²) >= 11 is 0. The van der Waals surface area contributed by atoms with E-state index in [4.69, 9.17) is 4.74 Å². The first kappa shape index (κ1) is 15.4. The summed E-state index contributed by atoms with van der Waals surface area (Å²) in [5.41, 5.74) is -0.959. The second kappa shape index (κ2) is 4.99. The Morgan fingerprint density at radius 1 is 1.13 bits per heavy atom. The summed E-state index contributed by atoms with van der Waals surface area (Å²) in [5.74, 6) is -1.88. The highest BCUT2D eigenvalue weighted by molar-refractivity contribution is 7.88. The van der Waals surface area contributed by atoms with Crippen LogP contribution in [0.1, 0.15) is 12.5 Å². The summed E-state index contributed by atoms with van der Waals surface area (Å²) in [4.78, 5) is 12.4. The molecule has 0 saturated heterocycles. The minimum Gasteiger partial charge on any atom is -0.501 e. The van der Waals surface area contributed by atoms with E-state index in [2.05, 4.69) is 0 Å². The van der Waals surface area contributed by atoms with Gasteiger partial charge in [-0.1, -0.05) is 36.4 Å². The van der Waals surface area contributed by atoms with Crippen LogP contribution < -0.4 is 4.72 Å². The third kappa shape index (κ3) is 2.63. The van der Waals surface area contributed by atoms with Crippen molar-refractivity contribution in [1.82, 2.24) is 4.72 Å². The number of hydrogen-bond donors (Lipinski definition) is 2. The van der Waals surface area contributed by atoms with E-state index >= 15 is 0 Å². The molecule has 2 N–H and O–H groups in total. The first-order chi connectivity index (χ1) is 10.7. The van der Waals surface area contributed by atoms with Crippen LogP contribution in [-0.2, 0) is 25.2 Å². The maximum atomic E-state index is 12.4. The van der Waals surface area contributed by atoms with Gasteiger partial charge in [0.2, 0.25) is 21.7 Å². The van der Waals surface area contributed by atoms with Gasteiger partial charge in [0.05, 0.1) is 6.26 Å². The Bertz CT molecular complexity index is 948. The molecule has 7 heteroatoms. The van der Waals surface area contributed by atoms with Gasteiger partial charge in [-0.2, -0.15) is 0 Å². The molecule has 0 aromatic heterocycles. The van der Waals surface area contributed by atoms with Crippen molar-refractivity contribution >= 4 is 26.6 Å². The number of aliphatic hydroxyl groups excluding tert-OH is 1. The quantitative estimate of drug-likeness (QED) is 0.895. The Morgan fingerprint density at radius 2 is 1.78 bits per heavy atom. The molecular formula is C16H15NO5S. The van der Waals surface area contributed by atoms with Gasteiger partial charge >= 0.3 is 0 Å². The zero-order valence-electron chi connectivity index (χ0n) is 12.5. The van der Waals surface area contributed by atoms with Crippen LogP contribution in [0.4, 0.5) is 0 Å². The molecule has 3 rings (SSSR count). The smallest absolute Gasteiger partial charge is 0.250 e. The lowest BCUT2D eigenvalue weighted by atomic mass is 9.90. The highest BCUT2D eigenvalue weighted by atomic mass is 32.2. The Hall–Kier alpha value is -2.54. The van der Waals surface area contributed by atoms with Crippen LogP contribution >= 0.6 is 0 Å². The van der Waals surface area contributed by atoms with E-state index < -0.39 is 33.0 Å². The van der Waals surface area contributed by atoms with Gasteiger partial charge < -0.3 is 9.84 Å². The maximum absolute atomic E-state index is 12.4. The lowest BCUT2D eigenvalue weighted by molar-refractivity contribution is -0.131. The van der Waals surface area contributed by atoms with Crippen molar-refractivity contribution < 1.29 is 23.1 Å². The first-order valence-corrected chi connectivity index (χ1v) is 8.74. The van der Waals surface area contributed by atoms with E-state index in [-0.39, 0.29) is 0 Å². The van der Waals surface area contributed by atoms with E-state index in [9.17, 15) is 18.3 Å². The molecule has 0 aliphatic carbocycles. The van der Waals surface area contributed by atoms with E-state index in [1.54, 1.807) is 12.1 Å². The molecule has 2 aromatic carbocycles. The molecule has 0 spiro atoms. The molecule has 0 bridgehead atoms. The Morgan fingerprint density at radius 3 is 2.43 bits per heavy atom.